The number of hydrogen-bond donors (Lipinski definition) is 0. The predicted molar refractivity (Wildman–Crippen MR) is 166 cm³/mol. The first kappa shape index (κ1) is 30.2. The lowest BCUT2D eigenvalue weighted by Crippen LogP contribution is -2.65. The Bertz CT molecular complexity index is 1380. The van der Waals surface area contributed by atoms with Crippen LogP contribution in [0.3, 0.4) is 0 Å². The van der Waals surface area contributed by atoms with Gasteiger partial charge in [0, 0.05) is 0 Å². The van der Waals surface area contributed by atoms with Gasteiger partial charge >= 0.3 is 13.1 Å². The Labute approximate surface area is 256 Å². The van der Waals surface area contributed by atoms with Crippen LogP contribution >= 0.6 is 0 Å². The molecule has 7 rings (SSSR count). The van der Waals surface area contributed by atoms with E-state index in [1.165, 1.54) is 6.42 Å². The van der Waals surface area contributed by atoms with Crippen LogP contribution in [-0.2, 0) is 31.7 Å². The topological polar surface area (TPSA) is 74.3 Å². The molecule has 0 aromatic heterocycles. The van der Waals surface area contributed by atoms with Gasteiger partial charge in [0.1, 0.15) is 23.0 Å². The molecule has 2 bridgehead atoms. The Balaban J connectivity index is 1.12. The fourth-order valence-corrected chi connectivity index (χ4v) is 7.81. The SMILES string of the molecule is Cc1c(CCB2O[C@@H]3C[C@@H]4C[C@@H](C4(C)C)[C@]3(C)O2)ccc(OC2CN(C(=O)Cc3ccccc3)C2)c1C(=O)OC(C)(C)C. The second-order valence-electron chi connectivity index (χ2n) is 14.9. The van der Waals surface area contributed by atoms with Crippen LogP contribution in [0.5, 0.6) is 5.75 Å². The molecule has 0 radical (unpaired) electrons. The number of esters is 1. The van der Waals surface area contributed by atoms with E-state index >= 15 is 0 Å². The van der Waals surface area contributed by atoms with Gasteiger partial charge in [-0.05, 0) is 100 Å². The highest BCUT2D eigenvalue weighted by Gasteiger charge is 2.67. The first-order valence-corrected chi connectivity index (χ1v) is 15.9. The van der Waals surface area contributed by atoms with E-state index in [0.717, 1.165) is 35.9 Å². The van der Waals surface area contributed by atoms with Crippen LogP contribution in [0.15, 0.2) is 42.5 Å². The second kappa shape index (κ2) is 11.0. The van der Waals surface area contributed by atoms with Gasteiger partial charge in [-0.15, -0.1) is 0 Å². The lowest BCUT2D eigenvalue weighted by Gasteiger charge is -2.64. The van der Waals surface area contributed by atoms with Crippen molar-refractivity contribution in [3.63, 3.8) is 0 Å². The Kier molecular flexibility index (Phi) is 7.69. The summed E-state index contributed by atoms with van der Waals surface area (Å²) >= 11 is 0. The molecule has 43 heavy (non-hydrogen) atoms. The van der Waals surface area contributed by atoms with Crippen LogP contribution in [0.4, 0.5) is 0 Å². The van der Waals surface area contributed by atoms with Crippen molar-refractivity contribution in [1.29, 1.82) is 0 Å². The largest absolute Gasteiger partial charge is 0.486 e. The summed E-state index contributed by atoms with van der Waals surface area (Å²) in [7, 11) is -0.250. The van der Waals surface area contributed by atoms with Gasteiger partial charge in [-0.1, -0.05) is 50.2 Å². The minimum atomic E-state index is -0.639. The number of hydrogen-bond acceptors (Lipinski definition) is 6. The van der Waals surface area contributed by atoms with E-state index in [1.807, 2.05) is 70.2 Å². The van der Waals surface area contributed by atoms with E-state index in [-0.39, 0.29) is 30.8 Å². The number of aryl methyl sites for hydroxylation is 1. The van der Waals surface area contributed by atoms with Gasteiger partial charge in [0.05, 0.1) is 31.2 Å². The standard InChI is InChI=1S/C35H46BNO6/c1-22-24(15-16-36-42-29-19-25-18-28(34(25,5)6)35(29,7)43-36)13-14-27(31(22)32(39)41-33(2,3)4)40-26-20-37(21-26)30(38)17-23-11-9-8-10-12-23/h8-14,25-26,28-29H,15-21H2,1-7H3/t25-,28-,29+,35-/m0/s1. The maximum Gasteiger partial charge on any atom is 0.457 e. The average molecular weight is 588 g/mol. The molecular formula is C35H46BNO6. The van der Waals surface area contributed by atoms with Crippen LogP contribution in [0.1, 0.15) is 81.4 Å². The molecule has 5 fully saturated rings. The van der Waals surface area contributed by atoms with Crippen LogP contribution in [-0.4, -0.2) is 60.4 Å². The smallest absolute Gasteiger partial charge is 0.457 e. The molecule has 0 unspecified atom stereocenters. The number of ether oxygens (including phenoxy) is 2. The molecule has 0 spiro atoms. The minimum absolute atomic E-state index is 0.0794. The van der Waals surface area contributed by atoms with Gasteiger partial charge in [0.2, 0.25) is 5.91 Å². The number of likely N-dealkylation sites (tertiary alicyclic amines) is 1. The van der Waals surface area contributed by atoms with Crippen LogP contribution in [0, 0.1) is 24.2 Å². The molecule has 7 nitrogen and oxygen atoms in total. The summed E-state index contributed by atoms with van der Waals surface area (Å²) in [6.45, 7) is 15.6. The van der Waals surface area contributed by atoms with Gasteiger partial charge < -0.3 is 23.7 Å². The Hall–Kier alpha value is -2.84. The monoisotopic (exact) mass is 587 g/mol. The van der Waals surface area contributed by atoms with Gasteiger partial charge in [0.25, 0.3) is 0 Å². The van der Waals surface area contributed by atoms with E-state index in [2.05, 4.69) is 20.8 Å². The maximum atomic E-state index is 13.5. The van der Waals surface area contributed by atoms with Gasteiger partial charge in [0.15, 0.2) is 0 Å². The number of carbonyl (C=O) groups is 2. The summed E-state index contributed by atoms with van der Waals surface area (Å²) in [4.78, 5) is 28.0. The number of carbonyl (C=O) groups excluding carboxylic acids is 2. The molecule has 2 aromatic carbocycles. The highest BCUT2D eigenvalue weighted by Crippen LogP contribution is 2.65. The molecule has 4 atom stereocenters. The minimum Gasteiger partial charge on any atom is -0.486 e. The van der Waals surface area contributed by atoms with Gasteiger partial charge in [-0.25, -0.2) is 4.79 Å². The third-order valence-corrected chi connectivity index (χ3v) is 10.5. The maximum absolute atomic E-state index is 13.5. The second-order valence-corrected chi connectivity index (χ2v) is 14.9. The zero-order chi connectivity index (χ0) is 30.7. The Morgan fingerprint density at radius 2 is 1.77 bits per heavy atom. The van der Waals surface area contributed by atoms with E-state index in [4.69, 9.17) is 18.8 Å². The van der Waals surface area contributed by atoms with Crippen molar-refractivity contribution >= 4 is 19.0 Å². The van der Waals surface area contributed by atoms with Crippen LogP contribution in [0.2, 0.25) is 6.32 Å². The fourth-order valence-electron chi connectivity index (χ4n) is 7.81. The fraction of sp³-hybridized carbons (Fsp3) is 0.600. The highest BCUT2D eigenvalue weighted by molar-refractivity contribution is 6.45. The van der Waals surface area contributed by atoms with E-state index in [9.17, 15) is 9.59 Å². The normalized spacial score (nSPS) is 27.7. The molecule has 2 heterocycles. The number of amides is 1. The number of nitrogens with zero attached hydrogens (tertiary/aromatic N) is 1. The molecule has 5 aliphatic rings. The molecule has 2 aromatic rings. The summed E-state index contributed by atoms with van der Waals surface area (Å²) in [5.41, 5.74) is 2.81. The van der Waals surface area contributed by atoms with E-state index in [1.54, 1.807) is 4.90 Å². The average Bonchev–Trinajstić information content (AvgIpc) is 3.25. The van der Waals surface area contributed by atoms with Crippen molar-refractivity contribution in [2.24, 2.45) is 17.3 Å². The number of rotatable bonds is 8. The van der Waals surface area contributed by atoms with Crippen LogP contribution in [0.25, 0.3) is 0 Å². The summed E-state index contributed by atoms with van der Waals surface area (Å²) in [6, 6.07) is 13.7. The van der Waals surface area contributed by atoms with Gasteiger partial charge in [-0.2, -0.15) is 0 Å². The van der Waals surface area contributed by atoms with Crippen molar-refractivity contribution in [3.8, 4) is 5.75 Å². The van der Waals surface area contributed by atoms with Crippen molar-refractivity contribution in [2.75, 3.05) is 13.1 Å². The molecule has 230 valence electrons. The zero-order valence-electron chi connectivity index (χ0n) is 26.8. The van der Waals surface area contributed by atoms with Gasteiger partial charge in [-0.3, -0.25) is 4.79 Å². The first-order valence-electron chi connectivity index (χ1n) is 15.9. The molecule has 8 heteroatoms. The van der Waals surface area contributed by atoms with Crippen LogP contribution < -0.4 is 4.74 Å². The zero-order valence-corrected chi connectivity index (χ0v) is 26.8. The van der Waals surface area contributed by atoms with E-state index in [0.29, 0.717) is 48.1 Å². The molecule has 1 amide bonds. The third-order valence-electron chi connectivity index (χ3n) is 10.5. The van der Waals surface area contributed by atoms with Crippen molar-refractivity contribution in [2.45, 2.75) is 104 Å². The van der Waals surface area contributed by atoms with E-state index < -0.39 is 11.6 Å². The number of benzene rings is 2. The predicted octanol–water partition coefficient (Wildman–Crippen LogP) is 6.05. The highest BCUT2D eigenvalue weighted by atomic mass is 16.7. The molecule has 2 aliphatic heterocycles. The Morgan fingerprint density at radius 3 is 2.44 bits per heavy atom. The summed E-state index contributed by atoms with van der Waals surface area (Å²) in [5, 5.41) is 0. The summed E-state index contributed by atoms with van der Waals surface area (Å²) < 4.78 is 25.2. The summed E-state index contributed by atoms with van der Waals surface area (Å²) in [5.74, 6) is 1.43. The molecule has 0 N–H and O–H groups in total. The molecule has 3 aliphatic carbocycles. The quantitative estimate of drug-likeness (QED) is 0.277. The van der Waals surface area contributed by atoms with Crippen molar-refractivity contribution < 1.29 is 28.4 Å². The lowest BCUT2D eigenvalue weighted by molar-refractivity contribution is -0.199. The first-order chi connectivity index (χ1) is 20.2. The Morgan fingerprint density at radius 1 is 1.05 bits per heavy atom. The molecular weight excluding hydrogens is 541 g/mol. The lowest BCUT2D eigenvalue weighted by atomic mass is 9.43. The van der Waals surface area contributed by atoms with Crippen molar-refractivity contribution in [3.05, 3.63) is 64.7 Å². The summed E-state index contributed by atoms with van der Waals surface area (Å²) in [6.07, 6.45) is 4.10. The third kappa shape index (κ3) is 5.73. The molecule has 2 saturated heterocycles. The molecule has 3 saturated carbocycles. The van der Waals surface area contributed by atoms with Crippen molar-refractivity contribution in [1.82, 2.24) is 4.90 Å².